The number of hydrogen-bond donors (Lipinski definition) is 0. The van der Waals surface area contributed by atoms with E-state index < -0.39 is 21.4 Å². The Morgan fingerprint density at radius 1 is 0.852 bits per heavy atom. The summed E-state index contributed by atoms with van der Waals surface area (Å²) in [4.78, 5) is 11.0. The normalized spacial score (nSPS) is 16.1. The van der Waals surface area contributed by atoms with Crippen LogP contribution in [0.2, 0.25) is 0 Å². The summed E-state index contributed by atoms with van der Waals surface area (Å²) in [6, 6.07) is 15.1. The Morgan fingerprint density at radius 3 is 2.52 bits per heavy atom. The third-order valence-electron chi connectivity index (χ3n) is 4.93. The molecule has 0 spiro atoms. The fourth-order valence-corrected chi connectivity index (χ4v) is 6.20. The van der Waals surface area contributed by atoms with Crippen LogP contribution < -0.4 is 8.48 Å². The van der Waals surface area contributed by atoms with Gasteiger partial charge in [0.05, 0.1) is 0 Å². The van der Waals surface area contributed by atoms with Gasteiger partial charge in [0.1, 0.15) is 0 Å². The average molecular weight is 461 g/mol. The Bertz CT molecular complexity index is 1000. The summed E-state index contributed by atoms with van der Waals surface area (Å²) in [6.45, 7) is 3.31. The molecule has 0 unspecified atom stereocenters. The van der Waals surface area contributed by atoms with E-state index in [0.717, 1.165) is 43.4 Å². The van der Waals surface area contributed by atoms with Crippen molar-refractivity contribution in [2.75, 3.05) is 31.2 Å². The molecule has 1 aromatic carbocycles. The quantitative estimate of drug-likeness (QED) is 0.561. The van der Waals surface area contributed by atoms with Gasteiger partial charge in [0.15, 0.2) is 0 Å². The summed E-state index contributed by atoms with van der Waals surface area (Å²) in [5.74, 6) is 1.02. The summed E-state index contributed by atoms with van der Waals surface area (Å²) in [5.41, 5.74) is 5.98. The van der Waals surface area contributed by atoms with Crippen LogP contribution in [0.15, 0.2) is 64.3 Å². The molecule has 0 amide bonds. The molecular formula is C21H18N4OSn. The van der Waals surface area contributed by atoms with Crippen LogP contribution in [0.3, 0.4) is 0 Å². The van der Waals surface area contributed by atoms with E-state index in [9.17, 15) is 0 Å². The number of aromatic nitrogens is 2. The van der Waals surface area contributed by atoms with E-state index in [1.165, 1.54) is 20.3 Å². The molecule has 5 rings (SSSR count). The molecule has 0 atom stereocenters. The zero-order valence-electron chi connectivity index (χ0n) is 14.8. The number of anilines is 1. The van der Waals surface area contributed by atoms with Gasteiger partial charge in [-0.2, -0.15) is 0 Å². The van der Waals surface area contributed by atoms with Crippen molar-refractivity contribution in [3.05, 3.63) is 72.2 Å². The van der Waals surface area contributed by atoms with Crippen molar-refractivity contribution >= 4 is 36.5 Å². The molecule has 5 nitrogen and oxygen atoms in total. The topological polar surface area (TPSA) is 50.6 Å². The fourth-order valence-electron chi connectivity index (χ4n) is 3.49. The van der Waals surface area contributed by atoms with Crippen LogP contribution in [0.1, 0.15) is 11.1 Å². The number of ether oxygens (including phenoxy) is 1. The van der Waals surface area contributed by atoms with Crippen LogP contribution in [0.25, 0.3) is 11.1 Å². The molecule has 0 bridgehead atoms. The summed E-state index contributed by atoms with van der Waals surface area (Å²) in [7, 11) is 0. The summed E-state index contributed by atoms with van der Waals surface area (Å²) >= 11 is -0.910. The van der Waals surface area contributed by atoms with Gasteiger partial charge in [0.2, 0.25) is 0 Å². The van der Waals surface area contributed by atoms with Crippen LogP contribution in [-0.4, -0.2) is 63.4 Å². The molecule has 2 aliphatic heterocycles. The van der Waals surface area contributed by atoms with Gasteiger partial charge < -0.3 is 0 Å². The molecule has 0 aliphatic carbocycles. The first-order chi connectivity index (χ1) is 13.4. The summed E-state index contributed by atoms with van der Waals surface area (Å²) < 4.78 is 11.9. The van der Waals surface area contributed by atoms with Crippen molar-refractivity contribution in [3.8, 4) is 11.1 Å². The molecule has 0 saturated carbocycles. The number of benzene rings is 1. The standard InChI is InChI=1S/C21H18N4O.Sn/c22-21(18-3-1-2-17(14-18)16-4-7-23-8-5-16)19-6-9-24-20(15-19)25-10-12-26-13-11-25;/h1-2,4-9,14-15H,10-13H2;/q-1;+1. The molecule has 1 saturated heterocycles. The van der Waals surface area contributed by atoms with E-state index in [1.807, 2.05) is 18.6 Å². The molecule has 132 valence electrons. The van der Waals surface area contributed by atoms with E-state index in [-0.39, 0.29) is 0 Å². The molecule has 2 radical (unpaired) electrons. The monoisotopic (exact) mass is 462 g/mol. The first kappa shape index (κ1) is 16.9. The van der Waals surface area contributed by atoms with Crippen molar-refractivity contribution in [3.63, 3.8) is 0 Å². The molecule has 3 aromatic rings. The predicted molar refractivity (Wildman–Crippen MR) is 108 cm³/mol. The number of morpholine rings is 1. The fraction of sp³-hybridized carbons (Fsp3) is 0.190. The molecule has 4 heterocycles. The Morgan fingerprint density at radius 2 is 1.67 bits per heavy atom. The number of fused-ring (bicyclic) bond motifs is 1. The predicted octanol–water partition coefficient (Wildman–Crippen LogP) is 2.08. The molecule has 2 aromatic heterocycles. The zero-order valence-corrected chi connectivity index (χ0v) is 17.7. The van der Waals surface area contributed by atoms with Crippen molar-refractivity contribution in [2.45, 2.75) is 0 Å². The average Bonchev–Trinajstić information content (AvgIpc) is 3.18. The third-order valence-corrected chi connectivity index (χ3v) is 7.82. The van der Waals surface area contributed by atoms with Crippen LogP contribution in [0.5, 0.6) is 0 Å². The van der Waals surface area contributed by atoms with Gasteiger partial charge in [-0.1, -0.05) is 0 Å². The first-order valence-corrected chi connectivity index (χ1v) is 11.8. The van der Waals surface area contributed by atoms with Gasteiger partial charge >= 0.3 is 169 Å². The molecule has 6 heteroatoms. The second kappa shape index (κ2) is 7.40. The Kier molecular flexibility index (Phi) is 4.63. The van der Waals surface area contributed by atoms with Gasteiger partial charge in [-0.05, 0) is 0 Å². The first-order valence-electron chi connectivity index (χ1n) is 9.06. The number of pyridine rings is 2. The van der Waals surface area contributed by atoms with E-state index in [2.05, 4.69) is 57.3 Å². The van der Waals surface area contributed by atoms with E-state index >= 15 is 0 Å². The zero-order chi connectivity index (χ0) is 18.1. The second-order valence-electron chi connectivity index (χ2n) is 6.57. The molecule has 27 heavy (non-hydrogen) atoms. The van der Waals surface area contributed by atoms with Gasteiger partial charge in [-0.25, -0.2) is 0 Å². The maximum atomic E-state index is 5.46. The van der Waals surface area contributed by atoms with E-state index in [0.29, 0.717) is 0 Å². The number of nitrogens with zero attached hydrogens (tertiary/aromatic N) is 4. The Balaban J connectivity index is 1.50. The molecular weight excluding hydrogens is 443 g/mol. The van der Waals surface area contributed by atoms with Crippen LogP contribution >= 0.6 is 0 Å². The molecule has 0 N–H and O–H groups in total. The van der Waals surface area contributed by atoms with Crippen molar-refractivity contribution in [1.82, 2.24) is 9.97 Å². The summed E-state index contributed by atoms with van der Waals surface area (Å²) in [6.07, 6.45) is 5.58. The van der Waals surface area contributed by atoms with Crippen molar-refractivity contribution < 1.29 is 4.74 Å². The van der Waals surface area contributed by atoms with Crippen LogP contribution in [0, 0.1) is 0 Å². The van der Waals surface area contributed by atoms with Gasteiger partial charge in [0.25, 0.3) is 0 Å². The Labute approximate surface area is 168 Å². The SMILES string of the molecule is c1cc(-c2cc[c]3c(c2)C(c2ccnc(N4CCOCC4)c2)=[N][Sn]3)ccn1. The Hall–Kier alpha value is -2.25. The van der Waals surface area contributed by atoms with E-state index in [4.69, 9.17) is 7.95 Å². The maximum absolute atomic E-state index is 5.46. The molecule has 2 aliphatic rings. The second-order valence-corrected chi connectivity index (χ2v) is 9.38. The summed E-state index contributed by atoms with van der Waals surface area (Å²) in [5, 5.41) is 0. The number of rotatable bonds is 3. The third kappa shape index (κ3) is 3.37. The van der Waals surface area contributed by atoms with Gasteiger partial charge in [0, 0.05) is 0 Å². The molecule has 1 fully saturated rings. The van der Waals surface area contributed by atoms with Gasteiger partial charge in [-0.15, -0.1) is 0 Å². The minimum atomic E-state index is -0.910. The van der Waals surface area contributed by atoms with Gasteiger partial charge in [-0.3, -0.25) is 0 Å². The van der Waals surface area contributed by atoms with E-state index in [1.54, 1.807) is 0 Å². The van der Waals surface area contributed by atoms with Crippen molar-refractivity contribution in [1.29, 1.82) is 0 Å². The van der Waals surface area contributed by atoms with Crippen LogP contribution in [0.4, 0.5) is 5.82 Å². The number of hydrogen-bond acceptors (Lipinski definition) is 5. The van der Waals surface area contributed by atoms with Crippen molar-refractivity contribution in [2.24, 2.45) is 3.21 Å². The minimum absolute atomic E-state index is 0.763. The van der Waals surface area contributed by atoms with Crippen LogP contribution in [-0.2, 0) is 4.74 Å².